The molecule has 0 heterocycles. The van der Waals surface area contributed by atoms with Crippen LogP contribution < -0.4 is 9.04 Å². The van der Waals surface area contributed by atoms with Crippen LogP contribution in [0.15, 0.2) is 59.5 Å². The number of anilines is 1. The van der Waals surface area contributed by atoms with E-state index in [1.807, 2.05) is 45.9 Å². The Morgan fingerprint density at radius 3 is 2.19 bits per heavy atom. The zero-order chi connectivity index (χ0) is 23.6. The van der Waals surface area contributed by atoms with Crippen molar-refractivity contribution in [1.82, 2.24) is 0 Å². The zero-order valence-corrected chi connectivity index (χ0v) is 20.3. The quantitative estimate of drug-likeness (QED) is 0.463. The summed E-state index contributed by atoms with van der Waals surface area (Å²) in [5.41, 5.74) is 4.72. The number of carbonyl (C=O) groups is 1. The van der Waals surface area contributed by atoms with Gasteiger partial charge in [-0.2, -0.15) is 4.31 Å². The average molecular weight is 472 g/mol. The smallest absolute Gasteiger partial charge is 0.278 e. The Balaban J connectivity index is 2.04. The van der Waals surface area contributed by atoms with E-state index in [-0.39, 0.29) is 4.90 Å². The monoisotopic (exact) mass is 471 g/mol. The number of amides is 1. The third kappa shape index (κ3) is 4.97. The molecule has 0 fully saturated rings. The second-order valence-electron chi connectivity index (χ2n) is 7.90. The molecule has 3 aromatic rings. The molecular weight excluding hydrogens is 446 g/mol. The van der Waals surface area contributed by atoms with E-state index in [0.717, 1.165) is 26.6 Å². The largest absolute Gasteiger partial charge is 0.483 e. The van der Waals surface area contributed by atoms with Crippen molar-refractivity contribution in [2.75, 3.05) is 10.9 Å². The fourth-order valence-electron chi connectivity index (χ4n) is 3.40. The summed E-state index contributed by atoms with van der Waals surface area (Å²) in [7, 11) is -4.20. The van der Waals surface area contributed by atoms with Gasteiger partial charge in [0, 0.05) is 5.02 Å². The number of nitrogens with zero attached hydrogens (tertiary/aromatic N) is 1. The van der Waals surface area contributed by atoms with Crippen LogP contribution in [0.3, 0.4) is 0 Å². The van der Waals surface area contributed by atoms with Gasteiger partial charge in [0.1, 0.15) is 5.75 Å². The van der Waals surface area contributed by atoms with Crippen LogP contribution >= 0.6 is 11.6 Å². The number of benzene rings is 3. The Hall–Kier alpha value is -2.83. The summed E-state index contributed by atoms with van der Waals surface area (Å²) < 4.78 is 33.7. The van der Waals surface area contributed by atoms with E-state index < -0.39 is 22.5 Å². The van der Waals surface area contributed by atoms with E-state index in [1.54, 1.807) is 19.1 Å². The summed E-state index contributed by atoms with van der Waals surface area (Å²) in [4.78, 5) is 13.3. The van der Waals surface area contributed by atoms with Gasteiger partial charge in [0.2, 0.25) is 0 Å². The van der Waals surface area contributed by atoms with Crippen molar-refractivity contribution < 1.29 is 17.9 Å². The van der Waals surface area contributed by atoms with Gasteiger partial charge in [-0.05, 0) is 98.8 Å². The highest BCUT2D eigenvalue weighted by Crippen LogP contribution is 2.30. The van der Waals surface area contributed by atoms with Gasteiger partial charge in [0.25, 0.3) is 15.9 Å². The molecule has 0 unspecified atom stereocenters. The summed E-state index contributed by atoms with van der Waals surface area (Å²) in [6.07, 6.45) is 0. The van der Waals surface area contributed by atoms with E-state index >= 15 is 0 Å². The zero-order valence-electron chi connectivity index (χ0n) is 18.8. The number of hydrogen-bond acceptors (Lipinski definition) is 4. The lowest BCUT2D eigenvalue weighted by Crippen LogP contribution is -2.40. The minimum Gasteiger partial charge on any atom is -0.483 e. The molecule has 7 heteroatoms. The number of rotatable bonds is 6. The Bertz CT molecular complexity index is 1270. The van der Waals surface area contributed by atoms with Crippen LogP contribution in [0, 0.1) is 34.6 Å². The predicted molar refractivity (Wildman–Crippen MR) is 128 cm³/mol. The number of sulfonamides is 1. The van der Waals surface area contributed by atoms with Crippen LogP contribution in [0.1, 0.15) is 27.8 Å². The molecule has 0 atom stereocenters. The fourth-order valence-corrected chi connectivity index (χ4v) is 4.99. The standard InChI is InChI=1S/C25H26ClNO4S/c1-16-6-7-18(3)23(13-16)27(32(29,30)22-10-8-21(26)9-11-22)25(28)15-31-24-14-17(2)12-19(4)20(24)5/h6-14H,15H2,1-5H3. The number of carbonyl (C=O) groups excluding carboxylic acids is 1. The molecule has 0 aliphatic rings. The van der Waals surface area contributed by atoms with Gasteiger partial charge in [0.05, 0.1) is 10.6 Å². The molecule has 0 aliphatic heterocycles. The van der Waals surface area contributed by atoms with Crippen molar-refractivity contribution in [3.8, 4) is 5.75 Å². The molecule has 3 aromatic carbocycles. The Labute approximate surface area is 194 Å². The first kappa shape index (κ1) is 23.8. The van der Waals surface area contributed by atoms with Crippen LogP contribution in [0.25, 0.3) is 0 Å². The molecule has 32 heavy (non-hydrogen) atoms. The number of hydrogen-bond donors (Lipinski definition) is 0. The van der Waals surface area contributed by atoms with Crippen molar-refractivity contribution in [2.24, 2.45) is 0 Å². The molecular formula is C25H26ClNO4S. The highest BCUT2D eigenvalue weighted by atomic mass is 35.5. The first-order chi connectivity index (χ1) is 15.0. The minimum absolute atomic E-state index is 0.0289. The van der Waals surface area contributed by atoms with Crippen molar-refractivity contribution in [2.45, 2.75) is 39.5 Å². The molecule has 5 nitrogen and oxygen atoms in total. The van der Waals surface area contributed by atoms with Crippen molar-refractivity contribution in [1.29, 1.82) is 0 Å². The van der Waals surface area contributed by atoms with Gasteiger partial charge in [-0.3, -0.25) is 4.79 Å². The average Bonchev–Trinajstić information content (AvgIpc) is 2.72. The van der Waals surface area contributed by atoms with E-state index in [2.05, 4.69) is 0 Å². The van der Waals surface area contributed by atoms with E-state index in [4.69, 9.17) is 16.3 Å². The first-order valence-electron chi connectivity index (χ1n) is 10.1. The molecule has 0 radical (unpaired) electrons. The summed E-state index contributed by atoms with van der Waals surface area (Å²) in [6, 6.07) is 14.9. The van der Waals surface area contributed by atoms with Gasteiger partial charge in [-0.25, -0.2) is 8.42 Å². The summed E-state index contributed by atoms with van der Waals surface area (Å²) >= 11 is 5.93. The SMILES string of the molecule is Cc1cc(C)c(C)c(OCC(=O)N(c2cc(C)ccc2C)S(=O)(=O)c2ccc(Cl)cc2)c1. The van der Waals surface area contributed by atoms with Crippen LogP contribution in [-0.4, -0.2) is 20.9 Å². The van der Waals surface area contributed by atoms with Crippen LogP contribution in [0.5, 0.6) is 5.75 Å². The maximum atomic E-state index is 13.5. The van der Waals surface area contributed by atoms with Crippen molar-refractivity contribution >= 4 is 33.2 Å². The number of aryl methyl sites for hydroxylation is 4. The molecule has 0 aromatic heterocycles. The molecule has 168 valence electrons. The maximum Gasteiger partial charge on any atom is 0.278 e. The van der Waals surface area contributed by atoms with Crippen molar-refractivity contribution in [3.63, 3.8) is 0 Å². The maximum absolute atomic E-state index is 13.5. The second-order valence-corrected chi connectivity index (χ2v) is 10.1. The summed E-state index contributed by atoms with van der Waals surface area (Å²) in [5.74, 6) is -0.132. The second kappa shape index (κ2) is 9.35. The molecule has 0 N–H and O–H groups in total. The van der Waals surface area contributed by atoms with Crippen LogP contribution in [0.2, 0.25) is 5.02 Å². The summed E-state index contributed by atoms with van der Waals surface area (Å²) in [5, 5.41) is 0.405. The van der Waals surface area contributed by atoms with Crippen LogP contribution in [-0.2, 0) is 14.8 Å². The third-order valence-electron chi connectivity index (χ3n) is 5.28. The van der Waals surface area contributed by atoms with Gasteiger partial charge >= 0.3 is 0 Å². The lowest BCUT2D eigenvalue weighted by molar-refractivity contribution is -0.119. The van der Waals surface area contributed by atoms with E-state index in [9.17, 15) is 13.2 Å². The van der Waals surface area contributed by atoms with Crippen LogP contribution in [0.4, 0.5) is 5.69 Å². The summed E-state index contributed by atoms with van der Waals surface area (Å²) in [6.45, 7) is 8.99. The minimum atomic E-state index is -4.20. The van der Waals surface area contributed by atoms with Gasteiger partial charge < -0.3 is 4.74 Å². The van der Waals surface area contributed by atoms with Gasteiger partial charge in [0.15, 0.2) is 6.61 Å². The molecule has 0 spiro atoms. The topological polar surface area (TPSA) is 63.7 Å². The van der Waals surface area contributed by atoms with Gasteiger partial charge in [-0.1, -0.05) is 29.8 Å². The highest BCUT2D eigenvalue weighted by Gasteiger charge is 2.32. The van der Waals surface area contributed by atoms with Crippen molar-refractivity contribution in [3.05, 3.63) is 87.4 Å². The Kier molecular flexibility index (Phi) is 6.96. The normalized spacial score (nSPS) is 11.3. The molecule has 0 saturated carbocycles. The molecule has 0 saturated heterocycles. The number of halogens is 1. The molecule has 3 rings (SSSR count). The van der Waals surface area contributed by atoms with E-state index in [1.165, 1.54) is 24.3 Å². The predicted octanol–water partition coefficient (Wildman–Crippen LogP) is 5.68. The molecule has 0 bridgehead atoms. The third-order valence-corrected chi connectivity index (χ3v) is 7.28. The first-order valence-corrected chi connectivity index (χ1v) is 11.9. The molecule has 0 aliphatic carbocycles. The Morgan fingerprint density at radius 2 is 1.53 bits per heavy atom. The highest BCUT2D eigenvalue weighted by molar-refractivity contribution is 7.93. The lowest BCUT2D eigenvalue weighted by atomic mass is 10.1. The fraction of sp³-hybridized carbons (Fsp3) is 0.240. The van der Waals surface area contributed by atoms with Gasteiger partial charge in [-0.15, -0.1) is 0 Å². The Morgan fingerprint density at radius 1 is 0.875 bits per heavy atom. The van der Waals surface area contributed by atoms with E-state index in [0.29, 0.717) is 22.0 Å². The molecule has 1 amide bonds. The number of ether oxygens (including phenoxy) is 1. The lowest BCUT2D eigenvalue weighted by Gasteiger charge is -2.25.